The van der Waals surface area contributed by atoms with Gasteiger partial charge >= 0.3 is 0 Å². The highest BCUT2D eigenvalue weighted by atomic mass is 35.5. The Morgan fingerprint density at radius 1 is 1.00 bits per heavy atom. The number of aliphatic imine (C=N–C) groups is 1. The number of rotatable bonds is 7. The second-order valence-electron chi connectivity index (χ2n) is 8.71. The zero-order valence-corrected chi connectivity index (χ0v) is 22.3. The number of amidine groups is 1. The first kappa shape index (κ1) is 25.8. The molecule has 2 heterocycles. The molecule has 2 atom stereocenters. The fourth-order valence-corrected chi connectivity index (χ4v) is 5.44. The standard InChI is InChI=1S/C28H25ClN4O4S/c1-36-21-11-5-17(6-12-21)23-15-24(18-3-7-19(29)8-4-18)33(32-23)28-31-27(35)25(38-28)16-26(34)30-20-9-13-22(37-2)14-10-20/h3-14,24-25H,15-16H2,1-2H3,(H,30,34)/t24-,25-/m0/s1. The Hall–Kier alpha value is -3.82. The fourth-order valence-electron chi connectivity index (χ4n) is 4.25. The minimum absolute atomic E-state index is 0.00294. The number of benzene rings is 3. The molecule has 0 spiro atoms. The average molecular weight is 549 g/mol. The summed E-state index contributed by atoms with van der Waals surface area (Å²) in [5, 5.41) is 9.96. The number of ether oxygens (including phenoxy) is 2. The number of nitrogens with zero attached hydrogens (tertiary/aromatic N) is 3. The van der Waals surface area contributed by atoms with E-state index in [1.807, 2.05) is 48.5 Å². The van der Waals surface area contributed by atoms with Crippen LogP contribution < -0.4 is 14.8 Å². The van der Waals surface area contributed by atoms with Crippen molar-refractivity contribution in [3.05, 3.63) is 88.9 Å². The molecule has 0 saturated carbocycles. The first-order valence-electron chi connectivity index (χ1n) is 11.9. The molecule has 5 rings (SSSR count). The van der Waals surface area contributed by atoms with Crippen LogP contribution in [0.2, 0.25) is 5.02 Å². The van der Waals surface area contributed by atoms with Gasteiger partial charge in [-0.25, -0.2) is 5.01 Å². The van der Waals surface area contributed by atoms with Crippen LogP contribution in [0.4, 0.5) is 5.69 Å². The van der Waals surface area contributed by atoms with Crippen LogP contribution in [0.3, 0.4) is 0 Å². The van der Waals surface area contributed by atoms with Crippen molar-refractivity contribution in [1.29, 1.82) is 0 Å². The number of methoxy groups -OCH3 is 2. The molecule has 3 aromatic rings. The van der Waals surface area contributed by atoms with Gasteiger partial charge in [0.15, 0.2) is 5.17 Å². The number of hydrogen-bond donors (Lipinski definition) is 1. The Morgan fingerprint density at radius 2 is 1.63 bits per heavy atom. The maximum Gasteiger partial charge on any atom is 0.262 e. The minimum atomic E-state index is -0.630. The highest BCUT2D eigenvalue weighted by Crippen LogP contribution is 2.39. The lowest BCUT2D eigenvalue weighted by atomic mass is 9.98. The third kappa shape index (κ3) is 5.69. The molecule has 2 aliphatic heterocycles. The molecule has 0 fully saturated rings. The van der Waals surface area contributed by atoms with Crippen molar-refractivity contribution in [2.45, 2.75) is 24.1 Å². The molecule has 2 aliphatic rings. The SMILES string of the molecule is COc1ccc(NC(=O)C[C@@H]2SC(N3N=C(c4ccc(OC)cc4)C[C@H]3c3ccc(Cl)cc3)=NC2=O)cc1. The predicted octanol–water partition coefficient (Wildman–Crippen LogP) is 5.54. The monoisotopic (exact) mass is 548 g/mol. The van der Waals surface area contributed by atoms with Crippen molar-refractivity contribution >= 4 is 51.7 Å². The van der Waals surface area contributed by atoms with Gasteiger partial charge in [0.1, 0.15) is 16.7 Å². The Bertz CT molecular complexity index is 1390. The van der Waals surface area contributed by atoms with E-state index in [0.717, 1.165) is 22.6 Å². The maximum absolute atomic E-state index is 12.8. The summed E-state index contributed by atoms with van der Waals surface area (Å²) in [7, 11) is 3.20. The van der Waals surface area contributed by atoms with Gasteiger partial charge in [0.05, 0.1) is 26.0 Å². The zero-order valence-electron chi connectivity index (χ0n) is 20.8. The number of carbonyl (C=O) groups excluding carboxylic acids is 2. The van der Waals surface area contributed by atoms with Crippen molar-refractivity contribution in [1.82, 2.24) is 5.01 Å². The summed E-state index contributed by atoms with van der Waals surface area (Å²) in [4.78, 5) is 29.8. The van der Waals surface area contributed by atoms with E-state index in [2.05, 4.69) is 10.3 Å². The molecular formula is C28H25ClN4O4S. The summed E-state index contributed by atoms with van der Waals surface area (Å²) in [5.74, 6) is 0.835. The van der Waals surface area contributed by atoms with Crippen molar-refractivity contribution in [3.8, 4) is 11.5 Å². The number of hydrazone groups is 1. The second kappa shape index (κ2) is 11.3. The van der Waals surface area contributed by atoms with Crippen molar-refractivity contribution in [3.63, 3.8) is 0 Å². The molecule has 0 bridgehead atoms. The summed E-state index contributed by atoms with van der Waals surface area (Å²) in [6, 6.07) is 22.1. The third-order valence-corrected chi connectivity index (χ3v) is 7.65. The Balaban J connectivity index is 1.33. The maximum atomic E-state index is 12.8. The molecule has 0 aromatic heterocycles. The summed E-state index contributed by atoms with van der Waals surface area (Å²) in [5.41, 5.74) is 3.45. The molecule has 1 N–H and O–H groups in total. The molecule has 38 heavy (non-hydrogen) atoms. The quantitative estimate of drug-likeness (QED) is 0.417. The highest BCUT2D eigenvalue weighted by Gasteiger charge is 2.39. The van der Waals surface area contributed by atoms with Gasteiger partial charge in [-0.15, -0.1) is 0 Å². The van der Waals surface area contributed by atoms with E-state index in [1.54, 1.807) is 43.5 Å². The molecular weight excluding hydrogens is 524 g/mol. The number of halogens is 1. The van der Waals surface area contributed by atoms with Crippen LogP contribution >= 0.6 is 23.4 Å². The van der Waals surface area contributed by atoms with Crippen LogP contribution in [-0.4, -0.2) is 47.2 Å². The van der Waals surface area contributed by atoms with Gasteiger partial charge in [-0.1, -0.05) is 35.5 Å². The van der Waals surface area contributed by atoms with Crippen LogP contribution in [0.25, 0.3) is 0 Å². The molecule has 2 amide bonds. The van der Waals surface area contributed by atoms with E-state index in [-0.39, 0.29) is 24.3 Å². The highest BCUT2D eigenvalue weighted by molar-refractivity contribution is 8.15. The smallest absolute Gasteiger partial charge is 0.262 e. The summed E-state index contributed by atoms with van der Waals surface area (Å²) in [6.45, 7) is 0. The van der Waals surface area contributed by atoms with Gasteiger partial charge in [-0.2, -0.15) is 10.1 Å². The number of nitrogens with one attached hydrogen (secondary N) is 1. The van der Waals surface area contributed by atoms with Gasteiger partial charge in [0, 0.05) is 23.6 Å². The molecule has 0 aliphatic carbocycles. The van der Waals surface area contributed by atoms with Crippen LogP contribution in [0.5, 0.6) is 11.5 Å². The molecule has 10 heteroatoms. The van der Waals surface area contributed by atoms with Gasteiger partial charge in [0.25, 0.3) is 5.91 Å². The van der Waals surface area contributed by atoms with Gasteiger partial charge in [-0.05, 0) is 71.8 Å². The number of hydrogen-bond acceptors (Lipinski definition) is 7. The number of thioether (sulfide) groups is 1. The van der Waals surface area contributed by atoms with Crippen LogP contribution in [-0.2, 0) is 9.59 Å². The van der Waals surface area contributed by atoms with Gasteiger partial charge in [0.2, 0.25) is 5.91 Å². The van der Waals surface area contributed by atoms with E-state index in [1.165, 1.54) is 11.8 Å². The number of carbonyl (C=O) groups is 2. The Morgan fingerprint density at radius 3 is 2.26 bits per heavy atom. The molecule has 0 saturated heterocycles. The molecule has 194 valence electrons. The van der Waals surface area contributed by atoms with Crippen LogP contribution in [0.15, 0.2) is 82.9 Å². The van der Waals surface area contributed by atoms with Crippen LogP contribution in [0, 0.1) is 0 Å². The topological polar surface area (TPSA) is 92.6 Å². The number of anilines is 1. The fraction of sp³-hybridized carbons (Fsp3) is 0.214. The van der Waals surface area contributed by atoms with E-state index < -0.39 is 5.25 Å². The first-order valence-corrected chi connectivity index (χ1v) is 13.2. The zero-order chi connectivity index (χ0) is 26.6. The second-order valence-corrected chi connectivity index (χ2v) is 10.3. The molecule has 3 aromatic carbocycles. The lowest BCUT2D eigenvalue weighted by Crippen LogP contribution is -2.25. The first-order chi connectivity index (χ1) is 18.4. The van der Waals surface area contributed by atoms with Crippen molar-refractivity contribution < 1.29 is 19.1 Å². The lowest BCUT2D eigenvalue weighted by molar-refractivity contribution is -0.121. The summed E-state index contributed by atoms with van der Waals surface area (Å²) in [6.07, 6.45) is 0.612. The number of amides is 2. The largest absolute Gasteiger partial charge is 0.497 e. The van der Waals surface area contributed by atoms with Gasteiger partial charge < -0.3 is 14.8 Å². The Kier molecular flexibility index (Phi) is 7.67. The minimum Gasteiger partial charge on any atom is -0.497 e. The van der Waals surface area contributed by atoms with Gasteiger partial charge in [-0.3, -0.25) is 9.59 Å². The van der Waals surface area contributed by atoms with E-state index in [9.17, 15) is 9.59 Å². The summed E-state index contributed by atoms with van der Waals surface area (Å²) >= 11 is 7.38. The predicted molar refractivity (Wildman–Crippen MR) is 150 cm³/mol. The Labute approximate surface area is 229 Å². The van der Waals surface area contributed by atoms with E-state index in [4.69, 9.17) is 26.2 Å². The normalized spacial score (nSPS) is 18.7. The average Bonchev–Trinajstić information content (AvgIpc) is 3.53. The molecule has 0 radical (unpaired) electrons. The molecule has 0 unspecified atom stereocenters. The van der Waals surface area contributed by atoms with Crippen molar-refractivity contribution in [2.75, 3.05) is 19.5 Å². The van der Waals surface area contributed by atoms with E-state index >= 15 is 0 Å². The third-order valence-electron chi connectivity index (χ3n) is 6.26. The van der Waals surface area contributed by atoms with Crippen molar-refractivity contribution in [2.24, 2.45) is 10.1 Å². The summed E-state index contributed by atoms with van der Waals surface area (Å²) < 4.78 is 10.4. The lowest BCUT2D eigenvalue weighted by Gasteiger charge is -2.23. The molecule has 8 nitrogen and oxygen atoms in total. The van der Waals surface area contributed by atoms with Crippen LogP contribution in [0.1, 0.15) is 30.0 Å². The van der Waals surface area contributed by atoms with E-state index in [0.29, 0.717) is 28.0 Å².